The van der Waals surface area contributed by atoms with Gasteiger partial charge in [-0.1, -0.05) is 19.1 Å². The third kappa shape index (κ3) is 3.44. The van der Waals surface area contributed by atoms with Gasteiger partial charge in [0.05, 0.1) is 23.0 Å². The Kier molecular flexibility index (Phi) is 4.37. The van der Waals surface area contributed by atoms with Gasteiger partial charge in [0.1, 0.15) is 0 Å². The van der Waals surface area contributed by atoms with Crippen molar-refractivity contribution in [2.45, 2.75) is 26.1 Å². The van der Waals surface area contributed by atoms with Crippen LogP contribution in [0.1, 0.15) is 35.5 Å². The lowest BCUT2D eigenvalue weighted by atomic mass is 10.0. The van der Waals surface area contributed by atoms with E-state index in [9.17, 15) is 13.2 Å². The monoisotopic (exact) mass is 297 g/mol. The SMILES string of the molecule is CCNC(c1ccc(C(F)(F)F)cc1)c1cc(C)nn1C. The third-order valence-corrected chi connectivity index (χ3v) is 3.31. The fourth-order valence-electron chi connectivity index (χ4n) is 2.36. The maximum atomic E-state index is 12.6. The number of benzene rings is 1. The minimum Gasteiger partial charge on any atom is -0.305 e. The Morgan fingerprint density at radius 3 is 2.29 bits per heavy atom. The van der Waals surface area contributed by atoms with Crippen LogP contribution in [0.25, 0.3) is 0 Å². The number of alkyl halides is 3. The van der Waals surface area contributed by atoms with Crippen LogP contribution in [-0.4, -0.2) is 16.3 Å². The Hall–Kier alpha value is -1.82. The smallest absolute Gasteiger partial charge is 0.305 e. The number of hydrogen-bond acceptors (Lipinski definition) is 2. The van der Waals surface area contributed by atoms with Crippen molar-refractivity contribution in [2.24, 2.45) is 7.05 Å². The Morgan fingerprint density at radius 2 is 1.86 bits per heavy atom. The molecule has 2 aromatic rings. The van der Waals surface area contributed by atoms with E-state index in [-0.39, 0.29) is 6.04 Å². The molecule has 0 amide bonds. The van der Waals surface area contributed by atoms with Gasteiger partial charge in [-0.2, -0.15) is 18.3 Å². The number of aryl methyl sites for hydroxylation is 2. The molecule has 3 nitrogen and oxygen atoms in total. The fourth-order valence-corrected chi connectivity index (χ4v) is 2.36. The van der Waals surface area contributed by atoms with E-state index in [0.717, 1.165) is 29.1 Å². The summed E-state index contributed by atoms with van der Waals surface area (Å²) in [4.78, 5) is 0. The van der Waals surface area contributed by atoms with Gasteiger partial charge in [0.15, 0.2) is 0 Å². The van der Waals surface area contributed by atoms with Crippen LogP contribution in [0.2, 0.25) is 0 Å². The van der Waals surface area contributed by atoms with Gasteiger partial charge in [0.25, 0.3) is 0 Å². The molecule has 2 rings (SSSR count). The average Bonchev–Trinajstić information content (AvgIpc) is 2.74. The molecule has 6 heteroatoms. The molecule has 1 aromatic carbocycles. The number of hydrogen-bond donors (Lipinski definition) is 1. The summed E-state index contributed by atoms with van der Waals surface area (Å²) in [5.74, 6) is 0. The quantitative estimate of drug-likeness (QED) is 0.937. The molecule has 0 radical (unpaired) electrons. The molecule has 1 atom stereocenters. The van der Waals surface area contributed by atoms with Crippen molar-refractivity contribution in [1.29, 1.82) is 0 Å². The summed E-state index contributed by atoms with van der Waals surface area (Å²) in [7, 11) is 1.83. The highest BCUT2D eigenvalue weighted by Gasteiger charge is 2.30. The maximum absolute atomic E-state index is 12.6. The summed E-state index contributed by atoms with van der Waals surface area (Å²) in [6.45, 7) is 4.55. The summed E-state index contributed by atoms with van der Waals surface area (Å²) in [6.07, 6.45) is -4.31. The minimum atomic E-state index is -4.31. The van der Waals surface area contributed by atoms with Gasteiger partial charge in [0, 0.05) is 7.05 Å². The van der Waals surface area contributed by atoms with Crippen LogP contribution in [0, 0.1) is 6.92 Å². The first-order chi connectivity index (χ1) is 9.82. The first kappa shape index (κ1) is 15.6. The lowest BCUT2D eigenvalue weighted by Gasteiger charge is -2.19. The van der Waals surface area contributed by atoms with E-state index >= 15 is 0 Å². The van der Waals surface area contributed by atoms with E-state index in [0.29, 0.717) is 6.54 Å². The molecule has 0 fully saturated rings. The Bertz CT molecular complexity index is 600. The summed E-state index contributed by atoms with van der Waals surface area (Å²) < 4.78 is 39.6. The predicted molar refractivity (Wildman–Crippen MR) is 74.9 cm³/mol. The molecule has 114 valence electrons. The molecule has 0 aliphatic heterocycles. The molecular formula is C15H18F3N3. The Morgan fingerprint density at radius 1 is 1.24 bits per heavy atom. The molecule has 0 bridgehead atoms. The Labute approximate surface area is 121 Å². The molecule has 21 heavy (non-hydrogen) atoms. The number of rotatable bonds is 4. The van der Waals surface area contributed by atoms with E-state index in [4.69, 9.17) is 0 Å². The van der Waals surface area contributed by atoms with Gasteiger partial charge in [-0.25, -0.2) is 0 Å². The molecule has 1 heterocycles. The van der Waals surface area contributed by atoms with Crippen molar-refractivity contribution in [3.05, 3.63) is 52.8 Å². The molecule has 1 aromatic heterocycles. The van der Waals surface area contributed by atoms with Crippen molar-refractivity contribution in [1.82, 2.24) is 15.1 Å². The lowest BCUT2D eigenvalue weighted by Crippen LogP contribution is -2.24. The Balaban J connectivity index is 2.37. The minimum absolute atomic E-state index is 0.177. The highest BCUT2D eigenvalue weighted by atomic mass is 19.4. The van der Waals surface area contributed by atoms with Crippen LogP contribution in [0.3, 0.4) is 0 Å². The van der Waals surface area contributed by atoms with Crippen molar-refractivity contribution < 1.29 is 13.2 Å². The van der Waals surface area contributed by atoms with Gasteiger partial charge >= 0.3 is 6.18 Å². The first-order valence-corrected chi connectivity index (χ1v) is 6.74. The van der Waals surface area contributed by atoms with Crippen molar-refractivity contribution in [2.75, 3.05) is 6.54 Å². The topological polar surface area (TPSA) is 29.9 Å². The van der Waals surface area contributed by atoms with Crippen molar-refractivity contribution in [3.8, 4) is 0 Å². The zero-order valence-corrected chi connectivity index (χ0v) is 12.2. The second-order valence-electron chi connectivity index (χ2n) is 4.94. The summed E-state index contributed by atoms with van der Waals surface area (Å²) >= 11 is 0. The summed E-state index contributed by atoms with van der Waals surface area (Å²) in [5, 5.41) is 7.58. The largest absolute Gasteiger partial charge is 0.416 e. The van der Waals surface area contributed by atoms with Gasteiger partial charge in [-0.05, 0) is 37.2 Å². The third-order valence-electron chi connectivity index (χ3n) is 3.31. The van der Waals surface area contributed by atoms with Crippen LogP contribution >= 0.6 is 0 Å². The molecule has 0 spiro atoms. The van der Waals surface area contributed by atoms with Crippen molar-refractivity contribution >= 4 is 0 Å². The summed E-state index contributed by atoms with van der Waals surface area (Å²) in [5.41, 5.74) is 1.95. The number of halogens is 3. The predicted octanol–water partition coefficient (Wildman–Crippen LogP) is 3.45. The normalized spacial score (nSPS) is 13.4. The van der Waals surface area contributed by atoms with Gasteiger partial charge in [-0.3, -0.25) is 4.68 Å². The van der Waals surface area contributed by atoms with E-state index in [1.54, 1.807) is 4.68 Å². The van der Waals surface area contributed by atoms with E-state index in [1.165, 1.54) is 12.1 Å². The number of aromatic nitrogens is 2. The van der Waals surface area contributed by atoms with E-state index in [1.807, 2.05) is 27.0 Å². The molecule has 0 saturated heterocycles. The second-order valence-corrected chi connectivity index (χ2v) is 4.94. The molecule has 1 unspecified atom stereocenters. The number of nitrogens with one attached hydrogen (secondary N) is 1. The average molecular weight is 297 g/mol. The highest BCUT2D eigenvalue weighted by molar-refractivity contribution is 5.32. The van der Waals surface area contributed by atoms with Crippen LogP contribution in [-0.2, 0) is 13.2 Å². The van der Waals surface area contributed by atoms with Gasteiger partial charge < -0.3 is 5.32 Å². The molecule has 0 saturated carbocycles. The van der Waals surface area contributed by atoms with E-state index in [2.05, 4.69) is 10.4 Å². The fraction of sp³-hybridized carbons (Fsp3) is 0.400. The molecule has 0 aliphatic carbocycles. The first-order valence-electron chi connectivity index (χ1n) is 6.74. The lowest BCUT2D eigenvalue weighted by molar-refractivity contribution is -0.137. The van der Waals surface area contributed by atoms with Crippen LogP contribution in [0.4, 0.5) is 13.2 Å². The standard InChI is InChI=1S/C15H18F3N3/c1-4-19-14(13-9-10(2)20-21(13)3)11-5-7-12(8-6-11)15(16,17)18/h5-9,14,19H,4H2,1-3H3. The zero-order valence-electron chi connectivity index (χ0n) is 12.2. The molecular weight excluding hydrogens is 279 g/mol. The maximum Gasteiger partial charge on any atom is 0.416 e. The van der Waals surface area contributed by atoms with Crippen LogP contribution in [0.5, 0.6) is 0 Å². The van der Waals surface area contributed by atoms with Crippen molar-refractivity contribution in [3.63, 3.8) is 0 Å². The molecule has 0 aliphatic rings. The van der Waals surface area contributed by atoms with Crippen LogP contribution in [0.15, 0.2) is 30.3 Å². The van der Waals surface area contributed by atoms with Crippen LogP contribution < -0.4 is 5.32 Å². The zero-order chi connectivity index (χ0) is 15.6. The second kappa shape index (κ2) is 5.89. The summed E-state index contributed by atoms with van der Waals surface area (Å²) in [6, 6.07) is 7.01. The van der Waals surface area contributed by atoms with Gasteiger partial charge in [-0.15, -0.1) is 0 Å². The number of nitrogens with zero attached hydrogens (tertiary/aromatic N) is 2. The molecule has 1 N–H and O–H groups in total. The van der Waals surface area contributed by atoms with Gasteiger partial charge in [0.2, 0.25) is 0 Å². The van der Waals surface area contributed by atoms with E-state index < -0.39 is 11.7 Å². The highest BCUT2D eigenvalue weighted by Crippen LogP contribution is 2.31.